The number of aliphatic hydroxyl groups excluding tert-OH is 2. The van der Waals surface area contributed by atoms with Crippen LogP contribution in [0.3, 0.4) is 0 Å². The van der Waals surface area contributed by atoms with Gasteiger partial charge in [-0.3, -0.25) is 28.7 Å². The molecule has 1 fully saturated rings. The zero-order chi connectivity index (χ0) is 32.8. The molecule has 6 atom stereocenters. The van der Waals surface area contributed by atoms with Crippen LogP contribution in [0, 0.1) is 0 Å². The number of hydrogen-bond donors (Lipinski definition) is 11. The molecule has 1 aliphatic heterocycles. The van der Waals surface area contributed by atoms with Gasteiger partial charge in [0.05, 0.1) is 19.1 Å². The molecular weight excluding hydrogens is 584 g/mol. The lowest BCUT2D eigenvalue weighted by atomic mass is 9.94. The van der Waals surface area contributed by atoms with E-state index in [4.69, 9.17) is 27.7 Å². The molecule has 1 saturated heterocycles. The molecule has 0 spiro atoms. The van der Waals surface area contributed by atoms with Crippen molar-refractivity contribution in [1.29, 1.82) is 0 Å². The quantitative estimate of drug-likeness (QED) is 0.0461. The number of nitrogens with two attached hydrogens (primary N) is 4. The largest absolute Gasteiger partial charge is 0.388 e. The molecule has 15 N–H and O–H groups in total. The number of ether oxygens (including phenoxy) is 1. The Hall–Kier alpha value is -4.37. The third-order valence-electron chi connectivity index (χ3n) is 6.34. The molecule has 0 radical (unpaired) electrons. The first-order valence-corrected chi connectivity index (χ1v) is 13.8. The van der Waals surface area contributed by atoms with Crippen molar-refractivity contribution in [1.82, 2.24) is 36.1 Å². The second kappa shape index (κ2) is 17.7. The number of aliphatic hydroxyl groups is 2. The number of nitrogens with zero attached hydrogens (tertiary/aromatic N) is 3. The first kappa shape index (κ1) is 35.8. The summed E-state index contributed by atoms with van der Waals surface area (Å²) in [7, 11) is 1.51. The third-order valence-corrected chi connectivity index (χ3v) is 6.34. The van der Waals surface area contributed by atoms with Crippen molar-refractivity contribution in [3.05, 3.63) is 22.7 Å². The Kier molecular flexibility index (Phi) is 14.4. The highest BCUT2D eigenvalue weighted by molar-refractivity contribution is 5.90. The van der Waals surface area contributed by atoms with Crippen LogP contribution in [0.4, 0.5) is 5.82 Å². The van der Waals surface area contributed by atoms with E-state index < -0.39 is 66.6 Å². The molecule has 0 saturated carbocycles. The zero-order valence-corrected chi connectivity index (χ0v) is 24.3. The number of rotatable bonds is 16. The van der Waals surface area contributed by atoms with Crippen molar-refractivity contribution in [3.8, 4) is 0 Å². The van der Waals surface area contributed by atoms with E-state index in [-0.39, 0.29) is 43.7 Å². The van der Waals surface area contributed by atoms with E-state index in [1.165, 1.54) is 13.1 Å². The van der Waals surface area contributed by atoms with E-state index >= 15 is 0 Å². The summed E-state index contributed by atoms with van der Waals surface area (Å²) in [6, 6.07) is -1.68. The van der Waals surface area contributed by atoms with E-state index in [1.54, 1.807) is 0 Å². The van der Waals surface area contributed by atoms with Crippen LogP contribution in [0.2, 0.25) is 0 Å². The molecular formula is C24H42N12O8. The molecule has 0 bridgehead atoms. The highest BCUT2D eigenvalue weighted by Gasteiger charge is 2.49. The van der Waals surface area contributed by atoms with Gasteiger partial charge in [0.2, 0.25) is 17.7 Å². The fourth-order valence-corrected chi connectivity index (χ4v) is 4.15. The molecule has 0 aromatic carbocycles. The lowest BCUT2D eigenvalue weighted by molar-refractivity contribution is -0.213. The zero-order valence-electron chi connectivity index (χ0n) is 24.3. The third kappa shape index (κ3) is 10.7. The fraction of sp³-hybridized carbons (Fsp3) is 0.625. The topological polar surface area (TPSA) is 329 Å². The number of aromatic nitrogens is 2. The van der Waals surface area contributed by atoms with Gasteiger partial charge >= 0.3 is 5.69 Å². The van der Waals surface area contributed by atoms with Gasteiger partial charge in [0, 0.05) is 25.7 Å². The molecule has 4 amide bonds. The standard InChI is InChI=1S/C24H42N12O8/c1-29-11-15(38)33-12(10-32-23(27)28)20(41)35-16-17(39)18(40)22(36-9-5-13(26)34-24(36)43)44-19(16)21(42)31-8-3-7-30-14(37)4-2-6-25/h5,9,12,16-19,22,29,39-40H,2-4,6-8,10-11,25H2,1H3,(H,30,37)(H,31,42)(H,33,38)(H,35,41)(H2,26,34,43)(H4,27,28,32)/t12-,16+,17+,18-,19+,22-/m1/s1. The first-order chi connectivity index (χ1) is 20.9. The van der Waals surface area contributed by atoms with Crippen LogP contribution in [-0.2, 0) is 23.9 Å². The van der Waals surface area contributed by atoms with Gasteiger partial charge in [0.15, 0.2) is 18.3 Å². The monoisotopic (exact) mass is 626 g/mol. The number of nitrogen functional groups attached to an aromatic ring is 1. The van der Waals surface area contributed by atoms with E-state index in [0.717, 1.165) is 10.8 Å². The van der Waals surface area contributed by atoms with Crippen LogP contribution in [0.5, 0.6) is 0 Å². The molecule has 2 heterocycles. The van der Waals surface area contributed by atoms with Crippen molar-refractivity contribution in [2.45, 2.75) is 55.9 Å². The molecule has 20 nitrogen and oxygen atoms in total. The predicted octanol–water partition coefficient (Wildman–Crippen LogP) is -6.73. The van der Waals surface area contributed by atoms with Crippen molar-refractivity contribution >= 4 is 35.4 Å². The maximum Gasteiger partial charge on any atom is 0.351 e. The van der Waals surface area contributed by atoms with Crippen molar-refractivity contribution < 1.29 is 34.1 Å². The van der Waals surface area contributed by atoms with Crippen molar-refractivity contribution in [3.63, 3.8) is 0 Å². The van der Waals surface area contributed by atoms with Gasteiger partial charge in [0.25, 0.3) is 5.91 Å². The molecule has 0 unspecified atom stereocenters. The van der Waals surface area contributed by atoms with E-state index in [1.807, 2.05) is 0 Å². The van der Waals surface area contributed by atoms with E-state index in [2.05, 4.69) is 36.6 Å². The lowest BCUT2D eigenvalue weighted by Gasteiger charge is -2.43. The Bertz CT molecular complexity index is 1220. The van der Waals surface area contributed by atoms with Gasteiger partial charge in [-0.05, 0) is 32.5 Å². The Morgan fingerprint density at radius 3 is 2.45 bits per heavy atom. The minimum Gasteiger partial charge on any atom is -0.388 e. The maximum absolute atomic E-state index is 13.3. The van der Waals surface area contributed by atoms with Gasteiger partial charge in [-0.2, -0.15) is 4.98 Å². The normalized spacial score (nSPS) is 21.9. The van der Waals surface area contributed by atoms with Crippen LogP contribution in [-0.4, -0.2) is 120 Å². The lowest BCUT2D eigenvalue weighted by Crippen LogP contribution is -2.67. The number of nitrogens with one attached hydrogen (secondary N) is 5. The summed E-state index contributed by atoms with van der Waals surface area (Å²) in [5, 5.41) is 34.7. The molecule has 2 rings (SSSR count). The summed E-state index contributed by atoms with van der Waals surface area (Å²) < 4.78 is 6.62. The van der Waals surface area contributed by atoms with E-state index in [0.29, 0.717) is 19.4 Å². The first-order valence-electron chi connectivity index (χ1n) is 13.8. The van der Waals surface area contributed by atoms with Crippen LogP contribution >= 0.6 is 0 Å². The summed E-state index contributed by atoms with van der Waals surface area (Å²) in [4.78, 5) is 70.3. The Labute approximate surface area is 252 Å². The molecule has 1 aliphatic rings. The second-order valence-corrected chi connectivity index (χ2v) is 9.81. The Morgan fingerprint density at radius 2 is 1.82 bits per heavy atom. The van der Waals surface area contributed by atoms with Gasteiger partial charge in [-0.1, -0.05) is 0 Å². The van der Waals surface area contributed by atoms with Crippen LogP contribution in [0.1, 0.15) is 25.5 Å². The van der Waals surface area contributed by atoms with Gasteiger partial charge < -0.3 is 64.5 Å². The van der Waals surface area contributed by atoms with Gasteiger partial charge in [-0.15, -0.1) is 0 Å². The number of carbonyl (C=O) groups excluding carboxylic acids is 4. The average Bonchev–Trinajstić information content (AvgIpc) is 2.96. The minimum atomic E-state index is -1.86. The SMILES string of the molecule is CNCC(=O)N[C@H](CN=C(N)N)C(=O)N[C@H]1[C@H](O)[C@@H](O)[C@H](n2ccc(N)nc2=O)O[C@@H]1C(=O)NCCCNC(=O)CCCN. The number of carbonyl (C=O) groups is 4. The summed E-state index contributed by atoms with van der Waals surface area (Å²) in [5.74, 6) is -2.99. The summed E-state index contributed by atoms with van der Waals surface area (Å²) in [6.45, 7) is 0.129. The molecule has 44 heavy (non-hydrogen) atoms. The molecule has 1 aromatic heterocycles. The number of amides is 4. The molecule has 1 aromatic rings. The summed E-state index contributed by atoms with van der Waals surface area (Å²) >= 11 is 0. The highest BCUT2D eigenvalue weighted by Crippen LogP contribution is 2.28. The molecule has 246 valence electrons. The second-order valence-electron chi connectivity index (χ2n) is 9.81. The van der Waals surface area contributed by atoms with Gasteiger partial charge in [-0.25, -0.2) is 4.79 Å². The Morgan fingerprint density at radius 1 is 1.11 bits per heavy atom. The number of likely N-dealkylation sites (N-methyl/N-ethyl adjacent to an activating group) is 1. The van der Waals surface area contributed by atoms with Crippen LogP contribution in [0.25, 0.3) is 0 Å². The fourth-order valence-electron chi connectivity index (χ4n) is 4.15. The van der Waals surface area contributed by atoms with Gasteiger partial charge in [0.1, 0.15) is 24.1 Å². The van der Waals surface area contributed by atoms with Crippen LogP contribution < -0.4 is 55.2 Å². The number of hydrogen-bond acceptors (Lipinski definition) is 13. The molecule has 0 aliphatic carbocycles. The number of guanidine groups is 1. The smallest absolute Gasteiger partial charge is 0.351 e. The minimum absolute atomic E-state index is 0.0520. The number of aliphatic imine (C=N–C) groups is 1. The van der Waals surface area contributed by atoms with Crippen molar-refractivity contribution in [2.75, 3.05) is 45.5 Å². The van der Waals surface area contributed by atoms with E-state index in [9.17, 15) is 34.2 Å². The average molecular weight is 627 g/mol. The highest BCUT2D eigenvalue weighted by atomic mass is 16.5. The summed E-state index contributed by atoms with van der Waals surface area (Å²) in [6.07, 6.45) is -4.70. The Balaban J connectivity index is 2.27. The molecule has 20 heteroatoms. The predicted molar refractivity (Wildman–Crippen MR) is 156 cm³/mol. The number of anilines is 1. The maximum atomic E-state index is 13.3. The summed E-state index contributed by atoms with van der Waals surface area (Å²) in [5.41, 5.74) is 20.7. The van der Waals surface area contributed by atoms with Crippen molar-refractivity contribution in [2.24, 2.45) is 22.2 Å². The van der Waals surface area contributed by atoms with Crippen LogP contribution in [0.15, 0.2) is 22.1 Å².